The van der Waals surface area contributed by atoms with E-state index in [0.29, 0.717) is 29.7 Å². The summed E-state index contributed by atoms with van der Waals surface area (Å²) in [6.45, 7) is 5.57. The van der Waals surface area contributed by atoms with Gasteiger partial charge in [-0.05, 0) is 38.5 Å². The molecule has 166 valence electrons. The van der Waals surface area contributed by atoms with Gasteiger partial charge in [-0.25, -0.2) is 9.37 Å². The molecule has 3 heterocycles. The Kier molecular flexibility index (Phi) is 5.60. The van der Waals surface area contributed by atoms with Crippen LogP contribution in [0.25, 0.3) is 0 Å². The van der Waals surface area contributed by atoms with Crippen molar-refractivity contribution < 1.29 is 14.0 Å². The lowest BCUT2D eigenvalue weighted by Crippen LogP contribution is -2.50. The fourth-order valence-corrected chi connectivity index (χ4v) is 3.74. The Bertz CT molecular complexity index is 1180. The molecule has 2 atom stereocenters. The van der Waals surface area contributed by atoms with E-state index in [2.05, 4.69) is 25.7 Å². The number of amides is 1. The second kappa shape index (κ2) is 8.37. The molecule has 2 N–H and O–H groups in total. The van der Waals surface area contributed by atoms with Crippen molar-refractivity contribution in [1.82, 2.24) is 19.7 Å². The van der Waals surface area contributed by atoms with Gasteiger partial charge in [-0.15, -0.1) is 0 Å². The molecule has 0 unspecified atom stereocenters. The zero-order valence-corrected chi connectivity index (χ0v) is 18.3. The van der Waals surface area contributed by atoms with Gasteiger partial charge in [-0.1, -0.05) is 12.1 Å². The van der Waals surface area contributed by atoms with E-state index in [0.717, 1.165) is 11.1 Å². The zero-order chi connectivity index (χ0) is 23.0. The van der Waals surface area contributed by atoms with Crippen molar-refractivity contribution in [2.75, 3.05) is 22.6 Å². The van der Waals surface area contributed by atoms with E-state index in [-0.39, 0.29) is 23.5 Å². The summed E-state index contributed by atoms with van der Waals surface area (Å²) in [5.41, 5.74) is 2.97. The number of rotatable bonds is 6. The number of carbonyl (C=O) groups excluding carboxylic acids is 2. The molecule has 0 spiro atoms. The molecular weight excluding hydrogens is 413 g/mol. The van der Waals surface area contributed by atoms with Crippen LogP contribution in [0.15, 0.2) is 36.7 Å². The molecule has 0 fully saturated rings. The summed E-state index contributed by atoms with van der Waals surface area (Å²) in [7, 11) is 1.67. The van der Waals surface area contributed by atoms with Crippen molar-refractivity contribution in [2.24, 2.45) is 0 Å². The molecule has 1 aliphatic rings. The minimum atomic E-state index is -0.921. The number of aryl methyl sites for hydroxylation is 1. The minimum Gasteiger partial charge on any atom is -0.350 e. The molecule has 0 saturated carbocycles. The van der Waals surface area contributed by atoms with Gasteiger partial charge in [0.1, 0.15) is 11.5 Å². The normalized spacial score (nSPS) is 16.3. The van der Waals surface area contributed by atoms with Crippen molar-refractivity contribution in [2.45, 2.75) is 39.4 Å². The maximum absolute atomic E-state index is 13.2. The van der Waals surface area contributed by atoms with Gasteiger partial charge in [-0.2, -0.15) is 10.1 Å². The lowest BCUT2D eigenvalue weighted by atomic mass is 10.1. The third kappa shape index (κ3) is 4.03. The van der Waals surface area contributed by atoms with E-state index < -0.39 is 6.04 Å². The summed E-state index contributed by atoms with van der Waals surface area (Å²) in [6.07, 6.45) is 3.65. The van der Waals surface area contributed by atoms with E-state index in [9.17, 15) is 14.0 Å². The fourth-order valence-electron chi connectivity index (χ4n) is 3.74. The van der Waals surface area contributed by atoms with Crippen LogP contribution in [0.1, 0.15) is 36.7 Å². The molecule has 1 aromatic carbocycles. The maximum Gasteiger partial charge on any atom is 0.255 e. The number of ketones is 1. The van der Waals surface area contributed by atoms with Gasteiger partial charge in [0, 0.05) is 25.4 Å². The quantitative estimate of drug-likeness (QED) is 0.571. The number of aromatic nitrogens is 4. The predicted octanol–water partition coefficient (Wildman–Crippen LogP) is 2.69. The highest BCUT2D eigenvalue weighted by Gasteiger charge is 2.36. The number of halogens is 1. The topological polar surface area (TPSA) is 105 Å². The average molecular weight is 437 g/mol. The van der Waals surface area contributed by atoms with Crippen molar-refractivity contribution in [1.29, 1.82) is 0 Å². The summed E-state index contributed by atoms with van der Waals surface area (Å²) in [5.74, 6) is -0.0514. The number of benzene rings is 1. The van der Waals surface area contributed by atoms with Crippen molar-refractivity contribution in [3.05, 3.63) is 59.3 Å². The first kappa shape index (κ1) is 21.4. The van der Waals surface area contributed by atoms with Crippen molar-refractivity contribution >= 4 is 29.1 Å². The predicted molar refractivity (Wildman–Crippen MR) is 118 cm³/mol. The molecule has 32 heavy (non-hydrogen) atoms. The number of carbonyl (C=O) groups is 2. The molecule has 4 rings (SSSR count). The summed E-state index contributed by atoms with van der Waals surface area (Å²) < 4.78 is 15.0. The van der Waals surface area contributed by atoms with Gasteiger partial charge >= 0.3 is 0 Å². The zero-order valence-electron chi connectivity index (χ0n) is 18.3. The largest absolute Gasteiger partial charge is 0.350 e. The number of hydrogen-bond donors (Lipinski definition) is 2. The van der Waals surface area contributed by atoms with Crippen LogP contribution in [0, 0.1) is 12.7 Å². The number of nitrogens with one attached hydrogen (secondary N) is 2. The van der Waals surface area contributed by atoms with Crippen LogP contribution >= 0.6 is 0 Å². The number of fused-ring (bicyclic) bond motifs is 1. The molecule has 2 aromatic heterocycles. The molecule has 9 nitrogen and oxygen atoms in total. The van der Waals surface area contributed by atoms with Crippen LogP contribution in [-0.2, 0) is 16.1 Å². The summed E-state index contributed by atoms with van der Waals surface area (Å²) in [6, 6.07) is 5.39. The monoisotopic (exact) mass is 437 g/mol. The van der Waals surface area contributed by atoms with Gasteiger partial charge < -0.3 is 15.5 Å². The Labute approximate surface area is 184 Å². The Morgan fingerprint density at radius 2 is 2.00 bits per heavy atom. The van der Waals surface area contributed by atoms with Crippen LogP contribution in [0.2, 0.25) is 0 Å². The lowest BCUT2D eigenvalue weighted by Gasteiger charge is -2.33. The molecule has 0 saturated heterocycles. The van der Waals surface area contributed by atoms with Gasteiger partial charge in [0.15, 0.2) is 17.6 Å². The molecule has 3 aromatic rings. The maximum atomic E-state index is 13.2. The Balaban J connectivity index is 1.49. The second-order valence-electron chi connectivity index (χ2n) is 7.85. The fraction of sp³-hybridized carbons (Fsp3) is 0.318. The average Bonchev–Trinajstić information content (AvgIpc) is 3.22. The lowest BCUT2D eigenvalue weighted by molar-refractivity contribution is -0.126. The van der Waals surface area contributed by atoms with Crippen molar-refractivity contribution in [3.8, 4) is 0 Å². The number of anilines is 3. The van der Waals surface area contributed by atoms with Crippen LogP contribution in [0.5, 0.6) is 0 Å². The van der Waals surface area contributed by atoms with Crippen LogP contribution in [-0.4, -0.2) is 44.5 Å². The van der Waals surface area contributed by atoms with Gasteiger partial charge in [0.25, 0.3) is 5.91 Å². The third-order valence-corrected chi connectivity index (χ3v) is 5.53. The number of hydrogen-bond acceptors (Lipinski definition) is 7. The first-order chi connectivity index (χ1) is 15.2. The SMILES string of the molecule is CC(=O)[C@H]1C(=O)Nc2c(C)nc(NCc3cnn([C@H](C)c4ccc(F)cc4)c3)nc2N1C. The minimum absolute atomic E-state index is 0.0487. The summed E-state index contributed by atoms with van der Waals surface area (Å²) >= 11 is 0. The van der Waals surface area contributed by atoms with Crippen LogP contribution in [0.3, 0.4) is 0 Å². The van der Waals surface area contributed by atoms with E-state index in [1.807, 2.05) is 17.8 Å². The first-order valence-electron chi connectivity index (χ1n) is 10.2. The molecule has 10 heteroatoms. The highest BCUT2D eigenvalue weighted by molar-refractivity contribution is 6.16. The van der Waals surface area contributed by atoms with Gasteiger partial charge in [0.2, 0.25) is 5.95 Å². The van der Waals surface area contributed by atoms with E-state index >= 15 is 0 Å². The van der Waals surface area contributed by atoms with Crippen molar-refractivity contribution in [3.63, 3.8) is 0 Å². The molecule has 1 amide bonds. The van der Waals surface area contributed by atoms with E-state index in [4.69, 9.17) is 0 Å². The van der Waals surface area contributed by atoms with Gasteiger partial charge in [-0.3, -0.25) is 14.3 Å². The molecule has 0 bridgehead atoms. The highest BCUT2D eigenvalue weighted by atomic mass is 19.1. The smallest absolute Gasteiger partial charge is 0.255 e. The summed E-state index contributed by atoms with van der Waals surface area (Å²) in [5, 5.41) is 10.3. The van der Waals surface area contributed by atoms with E-state index in [1.165, 1.54) is 19.1 Å². The first-order valence-corrected chi connectivity index (χ1v) is 10.2. The molecular formula is C22H24FN7O2. The van der Waals surface area contributed by atoms with Crippen LogP contribution < -0.4 is 15.5 Å². The van der Waals surface area contributed by atoms with E-state index in [1.54, 1.807) is 37.2 Å². The number of likely N-dealkylation sites (N-methyl/N-ethyl adjacent to an activating group) is 1. The Morgan fingerprint density at radius 1 is 1.28 bits per heavy atom. The molecule has 0 radical (unpaired) electrons. The number of Topliss-reactive ketones (excluding diaryl/α,β-unsaturated/α-hetero) is 1. The molecule has 0 aliphatic carbocycles. The third-order valence-electron chi connectivity index (χ3n) is 5.53. The van der Waals surface area contributed by atoms with Gasteiger partial charge in [0.05, 0.1) is 17.9 Å². The second-order valence-corrected chi connectivity index (χ2v) is 7.85. The van der Waals surface area contributed by atoms with Crippen LogP contribution in [0.4, 0.5) is 21.8 Å². The number of nitrogens with zero attached hydrogens (tertiary/aromatic N) is 5. The Hall–Kier alpha value is -3.82. The Morgan fingerprint density at radius 3 is 2.69 bits per heavy atom. The molecule has 1 aliphatic heterocycles. The highest BCUT2D eigenvalue weighted by Crippen LogP contribution is 2.32. The summed E-state index contributed by atoms with van der Waals surface area (Å²) in [4.78, 5) is 34.7. The standard InChI is InChI=1S/C22H24FN7O2/c1-12-18-20(29(4)19(14(3)31)21(32)27-18)28-22(26-12)24-9-15-10-25-30(11-15)13(2)16-5-7-17(23)8-6-16/h5-8,10-11,13,19H,9H2,1-4H3,(H,27,32)(H,24,26,28)/t13-,19+/m1/s1.